The number of aromatic nitrogens is 1. The number of hydrogen-bond acceptors (Lipinski definition) is 5. The monoisotopic (exact) mass is 357 g/mol. The van der Waals surface area contributed by atoms with Crippen LogP contribution in [0.25, 0.3) is 22.1 Å². The predicted octanol–water partition coefficient (Wildman–Crippen LogP) is 4.92. The van der Waals surface area contributed by atoms with Crippen molar-refractivity contribution in [3.8, 4) is 17.1 Å². The van der Waals surface area contributed by atoms with Crippen LogP contribution >= 0.6 is 0 Å². The molecule has 0 atom stereocenters. The van der Waals surface area contributed by atoms with Gasteiger partial charge in [-0.3, -0.25) is 9.78 Å². The van der Waals surface area contributed by atoms with Gasteiger partial charge in [0.1, 0.15) is 11.5 Å². The lowest BCUT2D eigenvalue weighted by Gasteiger charge is -2.04. The van der Waals surface area contributed by atoms with Gasteiger partial charge < -0.3 is 9.15 Å². The lowest BCUT2D eigenvalue weighted by Crippen LogP contribution is -2.07. The normalized spacial score (nSPS) is 10.7. The molecule has 0 saturated heterocycles. The highest BCUT2D eigenvalue weighted by molar-refractivity contribution is 5.94. The van der Waals surface area contributed by atoms with Crippen molar-refractivity contribution in [1.29, 1.82) is 0 Å². The molecule has 5 heteroatoms. The molecule has 0 saturated carbocycles. The van der Waals surface area contributed by atoms with Gasteiger partial charge in [-0.15, -0.1) is 0 Å². The molecule has 4 rings (SSSR count). The Bertz CT molecular complexity index is 1140. The van der Waals surface area contributed by atoms with Gasteiger partial charge in [0.15, 0.2) is 5.78 Å². The minimum absolute atomic E-state index is 0.00385. The van der Waals surface area contributed by atoms with E-state index in [1.807, 2.05) is 12.1 Å². The van der Waals surface area contributed by atoms with Crippen LogP contribution in [0, 0.1) is 0 Å². The number of fused-ring (bicyclic) bond motifs is 1. The maximum atomic E-state index is 12.4. The first-order valence-corrected chi connectivity index (χ1v) is 8.37. The van der Waals surface area contributed by atoms with Crippen molar-refractivity contribution < 1.29 is 18.7 Å². The standard InChI is InChI=1S/C22H15NO4/c1-14(24)15-2-4-17(5-3-15)20-8-9-21(27-20)22(25)26-19-7-6-16-10-11-23-13-18(16)12-19/h2-13H,1H3. The van der Waals surface area contributed by atoms with Gasteiger partial charge in [0, 0.05) is 28.9 Å². The van der Waals surface area contributed by atoms with E-state index in [1.54, 1.807) is 60.9 Å². The van der Waals surface area contributed by atoms with Crippen molar-refractivity contribution in [3.63, 3.8) is 0 Å². The molecule has 0 amide bonds. The van der Waals surface area contributed by atoms with E-state index in [0.29, 0.717) is 17.1 Å². The number of nitrogens with zero attached hydrogens (tertiary/aromatic N) is 1. The molecule has 2 aromatic heterocycles. The first-order chi connectivity index (χ1) is 13.1. The molecule has 27 heavy (non-hydrogen) atoms. The van der Waals surface area contributed by atoms with E-state index in [4.69, 9.17) is 9.15 Å². The van der Waals surface area contributed by atoms with E-state index in [0.717, 1.165) is 16.3 Å². The average Bonchev–Trinajstić information content (AvgIpc) is 3.18. The number of Topliss-reactive ketones (excluding diaryl/α,β-unsaturated/α-hetero) is 1. The largest absolute Gasteiger partial charge is 0.449 e. The van der Waals surface area contributed by atoms with Crippen LogP contribution in [0.3, 0.4) is 0 Å². The summed E-state index contributed by atoms with van der Waals surface area (Å²) < 4.78 is 11.0. The topological polar surface area (TPSA) is 69.4 Å². The summed E-state index contributed by atoms with van der Waals surface area (Å²) in [5.74, 6) is 0.469. The Morgan fingerprint density at radius 3 is 2.52 bits per heavy atom. The quantitative estimate of drug-likeness (QED) is 0.295. The van der Waals surface area contributed by atoms with Crippen molar-refractivity contribution in [2.75, 3.05) is 0 Å². The second-order valence-electron chi connectivity index (χ2n) is 6.07. The lowest BCUT2D eigenvalue weighted by atomic mass is 10.1. The summed E-state index contributed by atoms with van der Waals surface area (Å²) in [5, 5.41) is 1.90. The fourth-order valence-electron chi connectivity index (χ4n) is 2.76. The average molecular weight is 357 g/mol. The summed E-state index contributed by atoms with van der Waals surface area (Å²) >= 11 is 0. The maximum Gasteiger partial charge on any atom is 0.379 e. The van der Waals surface area contributed by atoms with Gasteiger partial charge in [-0.25, -0.2) is 4.79 Å². The fourth-order valence-corrected chi connectivity index (χ4v) is 2.76. The SMILES string of the molecule is CC(=O)c1ccc(-c2ccc(C(=O)Oc3ccc4ccncc4c3)o2)cc1. The first kappa shape index (κ1) is 16.7. The highest BCUT2D eigenvalue weighted by Gasteiger charge is 2.15. The number of ether oxygens (including phenoxy) is 1. The van der Waals surface area contributed by atoms with Gasteiger partial charge >= 0.3 is 5.97 Å². The molecule has 5 nitrogen and oxygen atoms in total. The second-order valence-corrected chi connectivity index (χ2v) is 6.07. The Kier molecular flexibility index (Phi) is 4.26. The van der Waals surface area contributed by atoms with Gasteiger partial charge in [0.05, 0.1) is 0 Å². The third-order valence-electron chi connectivity index (χ3n) is 4.21. The number of rotatable bonds is 4. The Balaban J connectivity index is 1.53. The minimum atomic E-state index is -0.579. The van der Waals surface area contributed by atoms with Crippen molar-refractivity contribution in [2.45, 2.75) is 6.92 Å². The molecule has 0 spiro atoms. The Morgan fingerprint density at radius 2 is 1.74 bits per heavy atom. The fraction of sp³-hybridized carbons (Fsp3) is 0.0455. The molecule has 0 aliphatic carbocycles. The van der Waals surface area contributed by atoms with Gasteiger partial charge in [-0.2, -0.15) is 0 Å². The Labute approximate surface area is 155 Å². The zero-order valence-electron chi connectivity index (χ0n) is 14.5. The van der Waals surface area contributed by atoms with Crippen LogP contribution in [0.2, 0.25) is 0 Å². The minimum Gasteiger partial charge on any atom is -0.449 e. The number of furan rings is 1. The third-order valence-corrected chi connectivity index (χ3v) is 4.21. The number of carbonyl (C=O) groups excluding carboxylic acids is 2. The number of esters is 1. The van der Waals surface area contributed by atoms with Gasteiger partial charge in [0.25, 0.3) is 0 Å². The Morgan fingerprint density at radius 1 is 0.926 bits per heavy atom. The van der Waals surface area contributed by atoms with E-state index < -0.39 is 5.97 Å². The molecule has 0 fully saturated rings. The highest BCUT2D eigenvalue weighted by atomic mass is 16.5. The molecule has 2 aromatic carbocycles. The molecule has 0 N–H and O–H groups in total. The number of ketones is 1. The summed E-state index contributed by atoms with van der Waals surface area (Å²) in [6, 6.07) is 17.5. The zero-order chi connectivity index (χ0) is 18.8. The van der Waals surface area contributed by atoms with Gasteiger partial charge in [-0.05, 0) is 42.6 Å². The lowest BCUT2D eigenvalue weighted by molar-refractivity contribution is 0.0702. The van der Waals surface area contributed by atoms with Crippen molar-refractivity contribution in [2.24, 2.45) is 0 Å². The highest BCUT2D eigenvalue weighted by Crippen LogP contribution is 2.25. The van der Waals surface area contributed by atoms with Crippen molar-refractivity contribution in [1.82, 2.24) is 4.98 Å². The molecule has 4 aromatic rings. The van der Waals surface area contributed by atoms with Crippen molar-refractivity contribution >= 4 is 22.5 Å². The molecule has 0 aliphatic rings. The molecule has 0 unspecified atom stereocenters. The number of pyridine rings is 1. The number of carbonyl (C=O) groups is 2. The third kappa shape index (κ3) is 3.48. The molecule has 132 valence electrons. The van der Waals surface area contributed by atoms with Crippen LogP contribution in [0.5, 0.6) is 5.75 Å². The predicted molar refractivity (Wildman–Crippen MR) is 101 cm³/mol. The molecular weight excluding hydrogens is 342 g/mol. The Hall–Kier alpha value is -3.73. The molecule has 0 radical (unpaired) electrons. The summed E-state index contributed by atoms with van der Waals surface area (Å²) in [6.07, 6.45) is 3.42. The van der Waals surface area contributed by atoms with E-state index in [2.05, 4.69) is 4.98 Å². The van der Waals surface area contributed by atoms with Crippen LogP contribution in [-0.2, 0) is 0 Å². The van der Waals surface area contributed by atoms with Crippen LogP contribution < -0.4 is 4.74 Å². The maximum absolute atomic E-state index is 12.4. The van der Waals surface area contributed by atoms with E-state index >= 15 is 0 Å². The van der Waals surface area contributed by atoms with Crippen LogP contribution in [-0.4, -0.2) is 16.7 Å². The molecule has 0 aliphatic heterocycles. The van der Waals surface area contributed by atoms with Crippen LogP contribution in [0.1, 0.15) is 27.8 Å². The zero-order valence-corrected chi connectivity index (χ0v) is 14.5. The van der Waals surface area contributed by atoms with Crippen LogP contribution in [0.4, 0.5) is 0 Å². The van der Waals surface area contributed by atoms with Crippen molar-refractivity contribution in [3.05, 3.63) is 84.4 Å². The van der Waals surface area contributed by atoms with E-state index in [1.165, 1.54) is 6.92 Å². The van der Waals surface area contributed by atoms with Crippen LogP contribution in [0.15, 0.2) is 77.5 Å². The van der Waals surface area contributed by atoms with Gasteiger partial charge in [-0.1, -0.05) is 30.3 Å². The second kappa shape index (κ2) is 6.88. The summed E-state index contributed by atoms with van der Waals surface area (Å²) in [5.41, 5.74) is 1.39. The van der Waals surface area contributed by atoms with E-state index in [9.17, 15) is 9.59 Å². The first-order valence-electron chi connectivity index (χ1n) is 8.37. The molecule has 2 heterocycles. The van der Waals surface area contributed by atoms with E-state index in [-0.39, 0.29) is 11.5 Å². The summed E-state index contributed by atoms with van der Waals surface area (Å²) in [4.78, 5) is 27.8. The summed E-state index contributed by atoms with van der Waals surface area (Å²) in [7, 11) is 0. The molecular formula is C22H15NO4. The summed E-state index contributed by atoms with van der Waals surface area (Å²) in [6.45, 7) is 1.51. The van der Waals surface area contributed by atoms with Gasteiger partial charge in [0.2, 0.25) is 5.76 Å². The smallest absolute Gasteiger partial charge is 0.379 e. The number of hydrogen-bond donors (Lipinski definition) is 0. The number of benzene rings is 2. The molecule has 0 bridgehead atoms.